The van der Waals surface area contributed by atoms with Crippen LogP contribution in [0, 0.1) is 17.0 Å². The lowest BCUT2D eigenvalue weighted by Crippen LogP contribution is -2.50. The number of hydrogen-bond donors (Lipinski definition) is 1. The van der Waals surface area contributed by atoms with Crippen LogP contribution in [0.2, 0.25) is 5.02 Å². The van der Waals surface area contributed by atoms with E-state index in [2.05, 4.69) is 10.3 Å². The maximum absolute atomic E-state index is 13.1. The zero-order chi connectivity index (χ0) is 26.1. The van der Waals surface area contributed by atoms with Gasteiger partial charge in [-0.1, -0.05) is 41.4 Å². The Balaban J connectivity index is 1.16. The van der Waals surface area contributed by atoms with Crippen molar-refractivity contribution in [3.8, 4) is 11.3 Å². The van der Waals surface area contributed by atoms with Crippen molar-refractivity contribution in [1.29, 1.82) is 0 Å². The number of carbonyl (C=O) groups excluding carboxylic acids is 2. The number of halogens is 1. The smallest absolute Gasteiger partial charge is 0.270 e. The van der Waals surface area contributed by atoms with Gasteiger partial charge in [0, 0.05) is 59.3 Å². The Morgan fingerprint density at radius 2 is 1.86 bits per heavy atom. The maximum Gasteiger partial charge on any atom is 0.270 e. The van der Waals surface area contributed by atoms with E-state index < -0.39 is 4.92 Å². The lowest BCUT2D eigenvalue weighted by molar-refractivity contribution is -0.384. The number of aromatic nitrogens is 1. The van der Waals surface area contributed by atoms with Crippen LogP contribution in [0.25, 0.3) is 21.3 Å². The molecule has 1 aliphatic heterocycles. The average molecular weight is 556 g/mol. The van der Waals surface area contributed by atoms with Crippen molar-refractivity contribution >= 4 is 67.0 Å². The molecule has 4 aromatic rings. The first-order valence-electron chi connectivity index (χ1n) is 11.5. The first kappa shape index (κ1) is 25.3. The lowest BCUT2D eigenvalue weighted by atomic mass is 10.1. The van der Waals surface area contributed by atoms with Crippen LogP contribution in [0.1, 0.15) is 15.2 Å². The minimum Gasteiger partial charge on any atom is -0.335 e. The van der Waals surface area contributed by atoms with Gasteiger partial charge in [-0.3, -0.25) is 24.6 Å². The molecule has 0 bridgehead atoms. The van der Waals surface area contributed by atoms with Crippen LogP contribution in [-0.2, 0) is 4.79 Å². The summed E-state index contributed by atoms with van der Waals surface area (Å²) >= 11 is 8.99. The number of thiazole rings is 1. The molecule has 2 amide bonds. The van der Waals surface area contributed by atoms with Gasteiger partial charge >= 0.3 is 0 Å². The first-order valence-corrected chi connectivity index (χ1v) is 13.6. The summed E-state index contributed by atoms with van der Waals surface area (Å²) in [4.78, 5) is 44.9. The topological polar surface area (TPSA) is 109 Å². The fraction of sp³-hybridized carbons (Fsp3) is 0.240. The molecule has 0 atom stereocenters. The van der Waals surface area contributed by atoms with Crippen LogP contribution in [0.5, 0.6) is 0 Å². The molecule has 0 unspecified atom stereocenters. The summed E-state index contributed by atoms with van der Waals surface area (Å²) in [5.41, 5.74) is 2.95. The number of nitro groups is 1. The molecule has 9 nitrogen and oxygen atoms in total. The molecule has 12 heteroatoms. The van der Waals surface area contributed by atoms with Crippen molar-refractivity contribution < 1.29 is 14.5 Å². The van der Waals surface area contributed by atoms with E-state index in [1.807, 2.05) is 41.5 Å². The quantitative estimate of drug-likeness (QED) is 0.256. The number of hydrogen-bond acceptors (Lipinski definition) is 8. The van der Waals surface area contributed by atoms with E-state index in [4.69, 9.17) is 11.6 Å². The third kappa shape index (κ3) is 5.49. The minimum absolute atomic E-state index is 0.0413. The molecule has 1 saturated heterocycles. The second-order valence-electron chi connectivity index (χ2n) is 8.70. The lowest BCUT2D eigenvalue weighted by Gasteiger charge is -2.34. The number of nitro benzene ring substituents is 1. The molecule has 3 heterocycles. The fourth-order valence-corrected chi connectivity index (χ4v) is 6.36. The number of thiophene rings is 1. The molecule has 2 aromatic carbocycles. The highest BCUT2D eigenvalue weighted by molar-refractivity contribution is 7.21. The van der Waals surface area contributed by atoms with E-state index in [9.17, 15) is 19.7 Å². The summed E-state index contributed by atoms with van der Waals surface area (Å²) in [5, 5.41) is 17.3. The SMILES string of the molecule is Cc1ccc(-c2csc(NC(=O)CN3CCN(C(=O)c4sc5cc([N+](=O)[O-])ccc5c4Cl)CC3)n2)cc1. The molecule has 0 radical (unpaired) electrons. The Labute approximate surface area is 225 Å². The molecular formula is C25H22ClN5O4S2. The van der Waals surface area contributed by atoms with Crippen molar-refractivity contribution in [2.45, 2.75) is 6.92 Å². The van der Waals surface area contributed by atoms with Crippen molar-refractivity contribution in [3.05, 3.63) is 73.4 Å². The Morgan fingerprint density at radius 3 is 2.57 bits per heavy atom. The van der Waals surface area contributed by atoms with Crippen molar-refractivity contribution in [2.24, 2.45) is 0 Å². The predicted molar refractivity (Wildman–Crippen MR) is 147 cm³/mol. The molecule has 0 saturated carbocycles. The van der Waals surface area contributed by atoms with Crippen molar-refractivity contribution in [3.63, 3.8) is 0 Å². The van der Waals surface area contributed by atoms with Gasteiger partial charge in [0.25, 0.3) is 11.6 Å². The minimum atomic E-state index is -0.471. The van der Waals surface area contributed by atoms with Crippen LogP contribution in [0.15, 0.2) is 47.8 Å². The average Bonchev–Trinajstić information content (AvgIpc) is 3.48. The highest BCUT2D eigenvalue weighted by Gasteiger charge is 2.27. The maximum atomic E-state index is 13.1. The van der Waals surface area contributed by atoms with Gasteiger partial charge in [-0.2, -0.15) is 0 Å². The predicted octanol–water partition coefficient (Wildman–Crippen LogP) is 5.29. The molecule has 190 valence electrons. The molecule has 0 aliphatic carbocycles. The number of amides is 2. The zero-order valence-corrected chi connectivity index (χ0v) is 22.2. The standard InChI is InChI=1S/C25H22ClN5O4S2/c1-15-2-4-16(5-3-15)19-14-36-25(27-19)28-21(32)13-29-8-10-30(11-9-29)24(33)23-22(26)18-7-6-17(31(34)35)12-20(18)37-23/h2-7,12,14H,8-11,13H2,1H3,(H,27,28,32). The van der Waals surface area contributed by atoms with E-state index in [-0.39, 0.29) is 24.0 Å². The van der Waals surface area contributed by atoms with E-state index in [0.717, 1.165) is 22.6 Å². The number of fused-ring (bicyclic) bond motifs is 1. The number of piperazine rings is 1. The highest BCUT2D eigenvalue weighted by atomic mass is 35.5. The number of nitrogens with one attached hydrogen (secondary N) is 1. The van der Waals surface area contributed by atoms with Gasteiger partial charge in [0.15, 0.2) is 5.13 Å². The van der Waals surface area contributed by atoms with Crippen LogP contribution in [0.3, 0.4) is 0 Å². The molecule has 37 heavy (non-hydrogen) atoms. The van der Waals surface area contributed by atoms with Crippen molar-refractivity contribution in [2.75, 3.05) is 38.0 Å². The number of carbonyl (C=O) groups is 2. The van der Waals surface area contributed by atoms with Crippen LogP contribution < -0.4 is 5.32 Å². The van der Waals surface area contributed by atoms with E-state index in [1.165, 1.54) is 29.0 Å². The van der Waals surface area contributed by atoms with Gasteiger partial charge < -0.3 is 10.2 Å². The normalized spacial score (nSPS) is 14.2. The third-order valence-corrected chi connectivity index (χ3v) is 8.55. The number of aryl methyl sites for hydroxylation is 1. The molecule has 5 rings (SSSR count). The molecule has 0 spiro atoms. The Bertz CT molecular complexity index is 1490. The molecule has 1 N–H and O–H groups in total. The monoisotopic (exact) mass is 555 g/mol. The molecule has 1 fully saturated rings. The van der Waals surface area contributed by atoms with Gasteiger partial charge in [-0.15, -0.1) is 22.7 Å². The summed E-state index contributed by atoms with van der Waals surface area (Å²) in [6.45, 7) is 4.21. The number of non-ortho nitro benzene ring substituents is 1. The van der Waals surface area contributed by atoms with Gasteiger partial charge in [-0.25, -0.2) is 4.98 Å². The fourth-order valence-electron chi connectivity index (χ4n) is 4.11. The van der Waals surface area contributed by atoms with Gasteiger partial charge in [0.05, 0.1) is 22.2 Å². The van der Waals surface area contributed by atoms with Crippen LogP contribution >= 0.6 is 34.3 Å². The summed E-state index contributed by atoms with van der Waals surface area (Å²) in [6, 6.07) is 12.5. The number of anilines is 1. The van der Waals surface area contributed by atoms with E-state index >= 15 is 0 Å². The highest BCUT2D eigenvalue weighted by Crippen LogP contribution is 2.38. The van der Waals surface area contributed by atoms with Crippen LogP contribution in [0.4, 0.5) is 10.8 Å². The molecule has 2 aromatic heterocycles. The zero-order valence-electron chi connectivity index (χ0n) is 19.8. The van der Waals surface area contributed by atoms with E-state index in [1.54, 1.807) is 11.0 Å². The van der Waals surface area contributed by atoms with Gasteiger partial charge in [0.2, 0.25) is 5.91 Å². The Morgan fingerprint density at radius 1 is 1.14 bits per heavy atom. The van der Waals surface area contributed by atoms with Gasteiger partial charge in [0.1, 0.15) is 4.88 Å². The number of nitrogens with zero attached hydrogens (tertiary/aromatic N) is 4. The summed E-state index contributed by atoms with van der Waals surface area (Å²) < 4.78 is 0.602. The van der Waals surface area contributed by atoms with Crippen LogP contribution in [-0.4, -0.2) is 64.2 Å². The van der Waals surface area contributed by atoms with Crippen molar-refractivity contribution in [1.82, 2.24) is 14.8 Å². The van der Waals surface area contributed by atoms with E-state index in [0.29, 0.717) is 51.3 Å². The molecule has 1 aliphatic rings. The Hall–Kier alpha value is -3.38. The second kappa shape index (κ2) is 10.5. The summed E-state index contributed by atoms with van der Waals surface area (Å²) in [5.74, 6) is -0.358. The number of benzene rings is 2. The Kier molecular flexibility index (Phi) is 7.20. The largest absolute Gasteiger partial charge is 0.335 e. The summed E-state index contributed by atoms with van der Waals surface area (Å²) in [7, 11) is 0. The first-order chi connectivity index (χ1) is 17.8. The third-order valence-electron chi connectivity index (χ3n) is 6.14. The van der Waals surface area contributed by atoms with Gasteiger partial charge in [-0.05, 0) is 13.0 Å². The summed E-state index contributed by atoms with van der Waals surface area (Å²) in [6.07, 6.45) is 0. The molecular weight excluding hydrogens is 534 g/mol. The second-order valence-corrected chi connectivity index (χ2v) is 11.0. The number of rotatable bonds is 6.